The van der Waals surface area contributed by atoms with Crippen LogP contribution in [0.15, 0.2) is 33.7 Å². The fourth-order valence-electron chi connectivity index (χ4n) is 3.27. The minimum absolute atomic E-state index is 0. The number of rotatable bonds is 7. The molecule has 1 aliphatic rings. The van der Waals surface area contributed by atoms with Gasteiger partial charge in [-0.15, -0.1) is 24.0 Å². The van der Waals surface area contributed by atoms with Crippen LogP contribution in [0.25, 0.3) is 11.0 Å². The number of unbranched alkanes of at least 4 members (excludes halogenated alkanes) is 1. The standard InChI is InChI=1S/C20H30N4O2.HI/c1-16-17-7-3-4-8-18(17)26-19(16)15-23-20(21-2)22-9-5-6-10-24-11-13-25-14-12-24;/h3-4,7-8H,5-6,9-15H2,1-2H3,(H2,21,22,23);1H. The summed E-state index contributed by atoms with van der Waals surface area (Å²) in [6.45, 7) is 8.67. The molecule has 27 heavy (non-hydrogen) atoms. The van der Waals surface area contributed by atoms with Crippen molar-refractivity contribution in [2.45, 2.75) is 26.3 Å². The molecule has 0 unspecified atom stereocenters. The van der Waals surface area contributed by atoms with E-state index in [0.29, 0.717) is 6.54 Å². The molecule has 1 aromatic carbocycles. The number of halogens is 1. The van der Waals surface area contributed by atoms with E-state index in [9.17, 15) is 0 Å². The van der Waals surface area contributed by atoms with Crippen LogP contribution in [0, 0.1) is 6.92 Å². The van der Waals surface area contributed by atoms with E-state index in [1.807, 2.05) is 18.2 Å². The Morgan fingerprint density at radius 1 is 1.15 bits per heavy atom. The highest BCUT2D eigenvalue weighted by molar-refractivity contribution is 14.0. The first kappa shape index (κ1) is 22.0. The molecule has 6 nitrogen and oxygen atoms in total. The van der Waals surface area contributed by atoms with E-state index in [1.165, 1.54) is 17.4 Å². The van der Waals surface area contributed by atoms with Gasteiger partial charge in [-0.3, -0.25) is 9.89 Å². The third-order valence-corrected chi connectivity index (χ3v) is 4.88. The molecule has 150 valence electrons. The largest absolute Gasteiger partial charge is 0.459 e. The summed E-state index contributed by atoms with van der Waals surface area (Å²) in [5, 5.41) is 7.91. The van der Waals surface area contributed by atoms with Crippen molar-refractivity contribution in [3.63, 3.8) is 0 Å². The van der Waals surface area contributed by atoms with E-state index in [2.05, 4.69) is 33.5 Å². The second-order valence-electron chi connectivity index (χ2n) is 6.66. The number of nitrogens with zero attached hydrogens (tertiary/aromatic N) is 2. The zero-order valence-corrected chi connectivity index (χ0v) is 18.6. The van der Waals surface area contributed by atoms with Crippen molar-refractivity contribution >= 4 is 40.9 Å². The molecular formula is C20H31IN4O2. The second kappa shape index (κ2) is 11.5. The van der Waals surface area contributed by atoms with E-state index in [1.54, 1.807) is 7.05 Å². The molecule has 2 N–H and O–H groups in total. The molecule has 1 fully saturated rings. The summed E-state index contributed by atoms with van der Waals surface area (Å²) in [5.74, 6) is 1.78. The Morgan fingerprint density at radius 2 is 1.93 bits per heavy atom. The van der Waals surface area contributed by atoms with Gasteiger partial charge in [-0.1, -0.05) is 18.2 Å². The van der Waals surface area contributed by atoms with Crippen LogP contribution in [0.4, 0.5) is 0 Å². The molecule has 0 radical (unpaired) electrons. The highest BCUT2D eigenvalue weighted by Crippen LogP contribution is 2.24. The molecule has 7 heteroatoms. The minimum Gasteiger partial charge on any atom is -0.459 e. The fraction of sp³-hybridized carbons (Fsp3) is 0.550. The number of aryl methyl sites for hydroxylation is 1. The lowest BCUT2D eigenvalue weighted by molar-refractivity contribution is 0.0372. The lowest BCUT2D eigenvalue weighted by Gasteiger charge is -2.26. The van der Waals surface area contributed by atoms with Gasteiger partial charge in [-0.05, 0) is 32.4 Å². The van der Waals surface area contributed by atoms with E-state index in [-0.39, 0.29) is 24.0 Å². The van der Waals surface area contributed by atoms with Crippen LogP contribution >= 0.6 is 24.0 Å². The Balaban J connectivity index is 0.00000261. The van der Waals surface area contributed by atoms with Gasteiger partial charge in [0.1, 0.15) is 11.3 Å². The maximum atomic E-state index is 5.94. The molecule has 0 bridgehead atoms. The number of hydrogen-bond donors (Lipinski definition) is 2. The minimum atomic E-state index is 0. The first-order chi connectivity index (χ1) is 12.8. The fourth-order valence-corrected chi connectivity index (χ4v) is 3.27. The number of aliphatic imine (C=N–C) groups is 1. The smallest absolute Gasteiger partial charge is 0.191 e. The predicted octanol–water partition coefficient (Wildman–Crippen LogP) is 3.14. The van der Waals surface area contributed by atoms with Crippen molar-refractivity contribution < 1.29 is 9.15 Å². The molecule has 1 aliphatic heterocycles. The Morgan fingerprint density at radius 3 is 2.67 bits per heavy atom. The van der Waals surface area contributed by atoms with Crippen LogP contribution in [0.3, 0.4) is 0 Å². The average molecular weight is 486 g/mol. The number of hydrogen-bond acceptors (Lipinski definition) is 4. The number of ether oxygens (including phenoxy) is 1. The van der Waals surface area contributed by atoms with Gasteiger partial charge in [-0.25, -0.2) is 0 Å². The molecule has 0 saturated carbocycles. The van der Waals surface area contributed by atoms with Gasteiger partial charge in [0.05, 0.1) is 19.8 Å². The van der Waals surface area contributed by atoms with Crippen molar-refractivity contribution in [1.82, 2.24) is 15.5 Å². The first-order valence-corrected chi connectivity index (χ1v) is 9.49. The van der Waals surface area contributed by atoms with Gasteiger partial charge in [0, 0.05) is 37.6 Å². The van der Waals surface area contributed by atoms with Gasteiger partial charge >= 0.3 is 0 Å². The molecule has 0 amide bonds. The number of morpholine rings is 1. The molecule has 2 heterocycles. The molecular weight excluding hydrogens is 455 g/mol. The molecule has 1 saturated heterocycles. The molecule has 1 aromatic heterocycles. The van der Waals surface area contributed by atoms with Crippen molar-refractivity contribution in [3.05, 3.63) is 35.6 Å². The summed E-state index contributed by atoms with van der Waals surface area (Å²) in [5.41, 5.74) is 2.13. The highest BCUT2D eigenvalue weighted by atomic mass is 127. The molecule has 2 aromatic rings. The summed E-state index contributed by atoms with van der Waals surface area (Å²) >= 11 is 0. The van der Waals surface area contributed by atoms with E-state index in [0.717, 1.165) is 63.1 Å². The Labute approximate surface area is 178 Å². The number of fused-ring (bicyclic) bond motifs is 1. The number of benzene rings is 1. The van der Waals surface area contributed by atoms with Crippen LogP contribution in [-0.2, 0) is 11.3 Å². The Kier molecular flexibility index (Phi) is 9.36. The van der Waals surface area contributed by atoms with Gasteiger partial charge in [0.25, 0.3) is 0 Å². The Bertz CT molecular complexity index is 726. The normalized spacial score (nSPS) is 15.6. The van der Waals surface area contributed by atoms with Crippen molar-refractivity contribution in [2.24, 2.45) is 4.99 Å². The summed E-state index contributed by atoms with van der Waals surface area (Å²) < 4.78 is 11.3. The summed E-state index contributed by atoms with van der Waals surface area (Å²) in [6.07, 6.45) is 2.31. The van der Waals surface area contributed by atoms with Crippen LogP contribution in [0.2, 0.25) is 0 Å². The maximum Gasteiger partial charge on any atom is 0.191 e. The zero-order valence-electron chi connectivity index (χ0n) is 16.3. The van der Waals surface area contributed by atoms with Crippen molar-refractivity contribution in [1.29, 1.82) is 0 Å². The van der Waals surface area contributed by atoms with Crippen molar-refractivity contribution in [2.75, 3.05) is 46.4 Å². The van der Waals surface area contributed by atoms with E-state index >= 15 is 0 Å². The monoisotopic (exact) mass is 486 g/mol. The molecule has 0 spiro atoms. The number of guanidine groups is 1. The summed E-state index contributed by atoms with van der Waals surface area (Å²) in [7, 11) is 1.80. The molecule has 3 rings (SSSR count). The van der Waals surface area contributed by atoms with Crippen LogP contribution < -0.4 is 10.6 Å². The Hall–Kier alpha value is -1.32. The second-order valence-corrected chi connectivity index (χ2v) is 6.66. The van der Waals surface area contributed by atoms with E-state index < -0.39 is 0 Å². The van der Waals surface area contributed by atoms with Crippen LogP contribution in [0.5, 0.6) is 0 Å². The number of para-hydroxylation sites is 1. The zero-order chi connectivity index (χ0) is 18.2. The van der Waals surface area contributed by atoms with E-state index in [4.69, 9.17) is 9.15 Å². The summed E-state index contributed by atoms with van der Waals surface area (Å²) in [4.78, 5) is 6.77. The van der Waals surface area contributed by atoms with Gasteiger partial charge in [0.15, 0.2) is 5.96 Å². The first-order valence-electron chi connectivity index (χ1n) is 9.49. The van der Waals surface area contributed by atoms with Gasteiger partial charge in [-0.2, -0.15) is 0 Å². The van der Waals surface area contributed by atoms with Crippen LogP contribution in [0.1, 0.15) is 24.2 Å². The third-order valence-electron chi connectivity index (χ3n) is 4.88. The van der Waals surface area contributed by atoms with Crippen LogP contribution in [-0.4, -0.2) is 57.3 Å². The maximum absolute atomic E-state index is 5.94. The SMILES string of the molecule is CN=C(NCCCCN1CCOCC1)NCc1oc2ccccc2c1C.I. The highest BCUT2D eigenvalue weighted by Gasteiger charge is 2.11. The molecule has 0 atom stereocenters. The number of furan rings is 1. The summed E-state index contributed by atoms with van der Waals surface area (Å²) in [6, 6.07) is 8.14. The average Bonchev–Trinajstić information content (AvgIpc) is 3.01. The lowest BCUT2D eigenvalue weighted by Crippen LogP contribution is -2.38. The predicted molar refractivity (Wildman–Crippen MR) is 121 cm³/mol. The van der Waals surface area contributed by atoms with Gasteiger partial charge in [0.2, 0.25) is 0 Å². The quantitative estimate of drug-likeness (QED) is 0.273. The number of nitrogens with one attached hydrogen (secondary N) is 2. The van der Waals surface area contributed by atoms with Crippen molar-refractivity contribution in [3.8, 4) is 0 Å². The lowest BCUT2D eigenvalue weighted by atomic mass is 10.1. The molecule has 0 aliphatic carbocycles. The third kappa shape index (κ3) is 6.36. The topological polar surface area (TPSA) is 62.0 Å². The van der Waals surface area contributed by atoms with Gasteiger partial charge < -0.3 is 19.8 Å².